The van der Waals surface area contributed by atoms with Gasteiger partial charge >= 0.3 is 0 Å². The van der Waals surface area contributed by atoms with E-state index in [1.807, 2.05) is 12.1 Å². The van der Waals surface area contributed by atoms with Crippen molar-refractivity contribution in [1.82, 2.24) is 14.9 Å². The summed E-state index contributed by atoms with van der Waals surface area (Å²) >= 11 is 0. The predicted molar refractivity (Wildman–Crippen MR) is 93.9 cm³/mol. The number of nitrogens with two attached hydrogens (primary N) is 1. The highest BCUT2D eigenvalue weighted by Gasteiger charge is 2.06. The fourth-order valence-electron chi connectivity index (χ4n) is 2.36. The third-order valence-corrected chi connectivity index (χ3v) is 3.83. The topological polar surface area (TPSA) is 81.3 Å². The average Bonchev–Trinajstić information content (AvgIpc) is 2.62. The largest absolute Gasteiger partial charge is 0.492 e. The number of pyridine rings is 2. The van der Waals surface area contributed by atoms with Gasteiger partial charge in [0, 0.05) is 18.3 Å². The van der Waals surface area contributed by atoms with Gasteiger partial charge in [-0.15, -0.1) is 0 Å². The normalized spacial score (nSPS) is 10.8. The Morgan fingerprint density at radius 3 is 2.58 bits per heavy atom. The number of hydrogen-bond donors (Lipinski definition) is 1. The number of ether oxygens (including phenoxy) is 1. The van der Waals surface area contributed by atoms with Crippen molar-refractivity contribution in [1.29, 1.82) is 0 Å². The lowest BCUT2D eigenvalue weighted by atomic mass is 10.2. The first-order chi connectivity index (χ1) is 11.6. The highest BCUT2D eigenvalue weighted by molar-refractivity contribution is 5.93. The zero-order valence-electron chi connectivity index (χ0n) is 14.2. The smallest absolute Gasteiger partial charge is 0.248 e. The molecule has 0 spiro atoms. The molecule has 0 aromatic carbocycles. The number of nitrogens with zero attached hydrogens (tertiary/aromatic N) is 3. The molecule has 2 heterocycles. The summed E-state index contributed by atoms with van der Waals surface area (Å²) in [4.78, 5) is 22.2. The maximum Gasteiger partial charge on any atom is 0.248 e. The van der Waals surface area contributed by atoms with Crippen molar-refractivity contribution in [2.24, 2.45) is 5.73 Å². The summed E-state index contributed by atoms with van der Waals surface area (Å²) in [5, 5.41) is 0. The van der Waals surface area contributed by atoms with E-state index in [0.29, 0.717) is 23.6 Å². The van der Waals surface area contributed by atoms with Crippen molar-refractivity contribution in [3.05, 3.63) is 42.2 Å². The van der Waals surface area contributed by atoms with E-state index in [9.17, 15) is 4.79 Å². The van der Waals surface area contributed by atoms with Crippen LogP contribution in [0.25, 0.3) is 11.4 Å². The van der Waals surface area contributed by atoms with Crippen LogP contribution in [0.5, 0.6) is 5.75 Å². The van der Waals surface area contributed by atoms with Gasteiger partial charge in [0.2, 0.25) is 5.91 Å². The minimum absolute atomic E-state index is 0.415. The maximum atomic E-state index is 11.2. The molecule has 2 aromatic rings. The van der Waals surface area contributed by atoms with Gasteiger partial charge in [-0.2, -0.15) is 0 Å². The van der Waals surface area contributed by atoms with E-state index in [1.165, 1.54) is 0 Å². The number of hydrogen-bond acceptors (Lipinski definition) is 5. The Kier molecular flexibility index (Phi) is 6.69. The fourth-order valence-corrected chi connectivity index (χ4v) is 2.36. The summed E-state index contributed by atoms with van der Waals surface area (Å²) in [6.07, 6.45) is 4.20. The third kappa shape index (κ3) is 5.03. The van der Waals surface area contributed by atoms with E-state index in [2.05, 4.69) is 28.7 Å². The molecule has 0 saturated heterocycles. The van der Waals surface area contributed by atoms with Crippen LogP contribution in [-0.2, 0) is 0 Å². The van der Waals surface area contributed by atoms with Crippen molar-refractivity contribution in [2.75, 3.05) is 26.2 Å². The zero-order chi connectivity index (χ0) is 17.4. The molecule has 0 fully saturated rings. The Hall–Kier alpha value is -2.47. The molecule has 0 radical (unpaired) electrons. The number of amides is 1. The number of primary amides is 1. The number of rotatable bonds is 9. The molecule has 6 heteroatoms. The van der Waals surface area contributed by atoms with E-state index in [0.717, 1.165) is 31.8 Å². The van der Waals surface area contributed by atoms with Crippen molar-refractivity contribution < 1.29 is 9.53 Å². The molecule has 0 atom stereocenters. The van der Waals surface area contributed by atoms with Crippen molar-refractivity contribution in [3.8, 4) is 17.1 Å². The Morgan fingerprint density at radius 1 is 1.17 bits per heavy atom. The minimum atomic E-state index is -0.480. The van der Waals surface area contributed by atoms with Crippen LogP contribution in [0.4, 0.5) is 0 Å². The van der Waals surface area contributed by atoms with Crippen LogP contribution in [-0.4, -0.2) is 47.0 Å². The van der Waals surface area contributed by atoms with Crippen LogP contribution in [0.1, 0.15) is 30.6 Å². The van der Waals surface area contributed by atoms with E-state index >= 15 is 0 Å². The summed E-state index contributed by atoms with van der Waals surface area (Å²) < 4.78 is 5.71. The third-order valence-electron chi connectivity index (χ3n) is 3.83. The van der Waals surface area contributed by atoms with Crippen molar-refractivity contribution in [2.45, 2.75) is 20.3 Å². The van der Waals surface area contributed by atoms with Gasteiger partial charge in [-0.3, -0.25) is 14.8 Å². The zero-order valence-corrected chi connectivity index (χ0v) is 14.2. The Morgan fingerprint density at radius 2 is 1.96 bits per heavy atom. The lowest BCUT2D eigenvalue weighted by Gasteiger charge is -2.17. The SMILES string of the molecule is CCN(CC)CCCOc1ccc(-c2cc(C(N)=O)ccn2)nc1. The van der Waals surface area contributed by atoms with Gasteiger partial charge in [-0.05, 0) is 43.8 Å². The van der Waals surface area contributed by atoms with Crippen LogP contribution >= 0.6 is 0 Å². The highest BCUT2D eigenvalue weighted by Crippen LogP contribution is 2.18. The van der Waals surface area contributed by atoms with Crippen LogP contribution in [0, 0.1) is 0 Å². The highest BCUT2D eigenvalue weighted by atomic mass is 16.5. The molecule has 24 heavy (non-hydrogen) atoms. The van der Waals surface area contributed by atoms with E-state index in [4.69, 9.17) is 10.5 Å². The second-order valence-corrected chi connectivity index (χ2v) is 5.40. The predicted octanol–water partition coefficient (Wildman–Crippen LogP) is 2.35. The molecule has 2 rings (SSSR count). The summed E-state index contributed by atoms with van der Waals surface area (Å²) in [5.41, 5.74) is 6.98. The fraction of sp³-hybridized carbons (Fsp3) is 0.389. The number of aromatic nitrogens is 2. The Balaban J connectivity index is 1.91. The molecule has 0 aliphatic heterocycles. The van der Waals surface area contributed by atoms with E-state index in [1.54, 1.807) is 24.5 Å². The Bertz CT molecular complexity index is 654. The summed E-state index contributed by atoms with van der Waals surface area (Å²) in [6.45, 7) is 8.13. The van der Waals surface area contributed by atoms with Gasteiger partial charge in [0.25, 0.3) is 0 Å². The molecular formula is C18H24N4O2. The molecule has 128 valence electrons. The van der Waals surface area contributed by atoms with Crippen LogP contribution in [0.15, 0.2) is 36.7 Å². The molecule has 2 aromatic heterocycles. The lowest BCUT2D eigenvalue weighted by molar-refractivity contribution is 0.1000. The van der Waals surface area contributed by atoms with Crippen molar-refractivity contribution in [3.63, 3.8) is 0 Å². The first kappa shape index (κ1) is 17.9. The van der Waals surface area contributed by atoms with E-state index < -0.39 is 5.91 Å². The first-order valence-electron chi connectivity index (χ1n) is 8.21. The molecule has 2 N–H and O–H groups in total. The second-order valence-electron chi connectivity index (χ2n) is 5.40. The summed E-state index contributed by atoms with van der Waals surface area (Å²) in [6, 6.07) is 6.90. The van der Waals surface area contributed by atoms with Crippen LogP contribution in [0.2, 0.25) is 0 Å². The van der Waals surface area contributed by atoms with Crippen molar-refractivity contribution >= 4 is 5.91 Å². The van der Waals surface area contributed by atoms with Crippen LogP contribution in [0.3, 0.4) is 0 Å². The standard InChI is InChI=1S/C18H24N4O2/c1-3-22(4-2)10-5-11-24-15-6-7-16(21-13-15)17-12-14(18(19)23)8-9-20-17/h6-9,12-13H,3-5,10-11H2,1-2H3,(H2,19,23). The van der Waals surface area contributed by atoms with Gasteiger partial charge in [0.15, 0.2) is 0 Å². The maximum absolute atomic E-state index is 11.2. The molecule has 1 amide bonds. The first-order valence-corrected chi connectivity index (χ1v) is 8.21. The second kappa shape index (κ2) is 8.98. The van der Waals surface area contributed by atoms with E-state index in [-0.39, 0.29) is 0 Å². The lowest BCUT2D eigenvalue weighted by Crippen LogP contribution is -2.25. The average molecular weight is 328 g/mol. The van der Waals surface area contributed by atoms with Gasteiger partial charge in [0.05, 0.1) is 24.2 Å². The Labute approximate surface area is 142 Å². The van der Waals surface area contributed by atoms with Gasteiger partial charge in [-0.1, -0.05) is 13.8 Å². The molecular weight excluding hydrogens is 304 g/mol. The molecule has 0 aliphatic carbocycles. The summed E-state index contributed by atoms with van der Waals surface area (Å²) in [5.74, 6) is 0.246. The summed E-state index contributed by atoms with van der Waals surface area (Å²) in [7, 11) is 0. The van der Waals surface area contributed by atoms with Gasteiger partial charge in [-0.25, -0.2) is 0 Å². The molecule has 0 aliphatic rings. The quantitative estimate of drug-likeness (QED) is 0.715. The van der Waals surface area contributed by atoms with Gasteiger partial charge < -0.3 is 15.4 Å². The molecule has 0 bridgehead atoms. The molecule has 6 nitrogen and oxygen atoms in total. The van der Waals surface area contributed by atoms with Crippen LogP contribution < -0.4 is 10.5 Å². The number of carbonyl (C=O) groups excluding carboxylic acids is 1. The number of carbonyl (C=O) groups is 1. The molecule has 0 saturated carbocycles. The minimum Gasteiger partial charge on any atom is -0.492 e. The monoisotopic (exact) mass is 328 g/mol. The molecule has 0 unspecified atom stereocenters. The van der Waals surface area contributed by atoms with Gasteiger partial charge in [0.1, 0.15) is 5.75 Å².